The molecule has 2 aromatic rings. The van der Waals surface area contributed by atoms with Crippen LogP contribution in [-0.2, 0) is 9.53 Å². The molecule has 1 aromatic carbocycles. The Morgan fingerprint density at radius 2 is 2.14 bits per heavy atom. The van der Waals surface area contributed by atoms with Crippen LogP contribution in [0.25, 0.3) is 0 Å². The summed E-state index contributed by atoms with van der Waals surface area (Å²) in [5.74, 6) is -0.306. The summed E-state index contributed by atoms with van der Waals surface area (Å²) >= 11 is 2.68. The summed E-state index contributed by atoms with van der Waals surface area (Å²) in [6, 6.07) is 5.62. The lowest BCUT2D eigenvalue weighted by Gasteiger charge is -2.03. The molecule has 0 aliphatic rings. The maximum absolute atomic E-state index is 12.8. The molecule has 1 aromatic heterocycles. The van der Waals surface area contributed by atoms with Crippen LogP contribution in [-0.4, -0.2) is 42.1 Å². The van der Waals surface area contributed by atoms with Gasteiger partial charge in [0.1, 0.15) is 5.82 Å². The summed E-state index contributed by atoms with van der Waals surface area (Å²) in [6.45, 7) is 1.24. The first-order chi connectivity index (χ1) is 10.7. The zero-order chi connectivity index (χ0) is 15.8. The molecule has 0 unspecified atom stereocenters. The van der Waals surface area contributed by atoms with E-state index in [0.717, 1.165) is 0 Å². The number of ether oxygens (including phenoxy) is 1. The summed E-state index contributed by atoms with van der Waals surface area (Å²) in [5.41, 5.74) is 0.561. The first-order valence-corrected chi connectivity index (χ1v) is 8.22. The van der Waals surface area contributed by atoms with Crippen molar-refractivity contribution in [1.29, 1.82) is 0 Å². The lowest BCUT2D eigenvalue weighted by atomic mass is 10.3. The number of carbonyl (C=O) groups is 1. The average molecular weight is 342 g/mol. The molecule has 118 valence electrons. The number of hydrogen-bond acceptors (Lipinski definition) is 7. The third-order valence-corrected chi connectivity index (χ3v) is 4.46. The molecule has 0 radical (unpaired) electrons. The van der Waals surface area contributed by atoms with E-state index in [-0.39, 0.29) is 17.5 Å². The van der Waals surface area contributed by atoms with Gasteiger partial charge < -0.3 is 15.4 Å². The Labute approximate surface area is 135 Å². The van der Waals surface area contributed by atoms with Crippen molar-refractivity contribution in [3.63, 3.8) is 0 Å². The highest BCUT2D eigenvalue weighted by atomic mass is 32.2. The number of halogens is 1. The van der Waals surface area contributed by atoms with Crippen LogP contribution in [0.4, 0.5) is 15.2 Å². The minimum atomic E-state index is -0.338. The van der Waals surface area contributed by atoms with E-state index in [9.17, 15) is 9.18 Å². The van der Waals surface area contributed by atoms with Crippen molar-refractivity contribution in [2.45, 2.75) is 4.34 Å². The molecular weight excluding hydrogens is 327 g/mol. The average Bonchev–Trinajstić information content (AvgIpc) is 2.96. The second-order valence-corrected chi connectivity index (χ2v) is 6.34. The van der Waals surface area contributed by atoms with Gasteiger partial charge in [-0.3, -0.25) is 4.79 Å². The monoisotopic (exact) mass is 342 g/mol. The topological polar surface area (TPSA) is 76.1 Å². The second kappa shape index (κ2) is 8.66. The smallest absolute Gasteiger partial charge is 0.234 e. The Bertz CT molecular complexity index is 606. The van der Waals surface area contributed by atoms with Gasteiger partial charge in [-0.05, 0) is 24.3 Å². The lowest BCUT2D eigenvalue weighted by molar-refractivity contribution is -0.113. The summed E-state index contributed by atoms with van der Waals surface area (Å²) < 4.78 is 18.4. The van der Waals surface area contributed by atoms with E-state index in [1.54, 1.807) is 7.11 Å². The fourth-order valence-corrected chi connectivity index (χ4v) is 3.03. The van der Waals surface area contributed by atoms with Crippen molar-refractivity contribution in [3.8, 4) is 0 Å². The van der Waals surface area contributed by atoms with Gasteiger partial charge in [-0.15, -0.1) is 10.2 Å². The number of nitrogens with one attached hydrogen (secondary N) is 2. The molecule has 0 spiro atoms. The molecule has 0 bridgehead atoms. The summed E-state index contributed by atoms with van der Waals surface area (Å²) in [6.07, 6.45) is 0. The lowest BCUT2D eigenvalue weighted by Crippen LogP contribution is -2.13. The number of carbonyl (C=O) groups excluding carboxylic acids is 1. The molecule has 0 aliphatic heterocycles. The molecule has 0 atom stereocenters. The first kappa shape index (κ1) is 16.7. The van der Waals surface area contributed by atoms with Gasteiger partial charge >= 0.3 is 0 Å². The summed E-state index contributed by atoms with van der Waals surface area (Å²) in [7, 11) is 1.63. The molecule has 2 rings (SSSR count). The highest BCUT2D eigenvalue weighted by molar-refractivity contribution is 8.01. The van der Waals surface area contributed by atoms with Crippen LogP contribution in [0, 0.1) is 5.82 Å². The van der Waals surface area contributed by atoms with Gasteiger partial charge in [0.05, 0.1) is 12.4 Å². The fraction of sp³-hybridized carbons (Fsp3) is 0.308. The van der Waals surface area contributed by atoms with Gasteiger partial charge in [0, 0.05) is 19.3 Å². The van der Waals surface area contributed by atoms with Crippen molar-refractivity contribution in [3.05, 3.63) is 30.1 Å². The number of benzene rings is 1. The number of amides is 1. The second-order valence-electron chi connectivity index (χ2n) is 4.14. The van der Waals surface area contributed by atoms with E-state index in [1.807, 2.05) is 0 Å². The van der Waals surface area contributed by atoms with Crippen LogP contribution in [0.15, 0.2) is 28.6 Å². The Morgan fingerprint density at radius 1 is 1.36 bits per heavy atom. The van der Waals surface area contributed by atoms with Crippen molar-refractivity contribution in [2.75, 3.05) is 36.6 Å². The van der Waals surface area contributed by atoms with Gasteiger partial charge in [-0.1, -0.05) is 23.1 Å². The van der Waals surface area contributed by atoms with E-state index in [4.69, 9.17) is 4.74 Å². The molecular formula is C13H15FN4O2S2. The van der Waals surface area contributed by atoms with Crippen LogP contribution in [0.5, 0.6) is 0 Å². The van der Waals surface area contributed by atoms with E-state index in [2.05, 4.69) is 20.8 Å². The summed E-state index contributed by atoms with van der Waals surface area (Å²) in [5, 5.41) is 14.4. The molecule has 1 amide bonds. The first-order valence-electron chi connectivity index (χ1n) is 6.42. The summed E-state index contributed by atoms with van der Waals surface area (Å²) in [4.78, 5) is 11.8. The molecule has 2 N–H and O–H groups in total. The zero-order valence-corrected chi connectivity index (χ0v) is 13.5. The van der Waals surface area contributed by atoms with Crippen molar-refractivity contribution < 1.29 is 13.9 Å². The van der Waals surface area contributed by atoms with Crippen LogP contribution in [0.1, 0.15) is 0 Å². The molecule has 0 aliphatic carbocycles. The Hall–Kier alpha value is -1.71. The standard InChI is InChI=1S/C13H15FN4O2S2/c1-20-7-6-15-12-17-18-13(22-12)21-8-11(19)16-10-4-2-9(14)3-5-10/h2-5H,6-8H2,1H3,(H,15,17)(H,16,19). The number of methoxy groups -OCH3 is 1. The molecule has 6 nitrogen and oxygen atoms in total. The number of aromatic nitrogens is 2. The predicted molar refractivity (Wildman–Crippen MR) is 86.0 cm³/mol. The van der Waals surface area contributed by atoms with E-state index >= 15 is 0 Å². The Kier molecular flexibility index (Phi) is 6.56. The third kappa shape index (κ3) is 5.58. The Morgan fingerprint density at radius 3 is 2.86 bits per heavy atom. The fourth-order valence-electron chi connectivity index (χ4n) is 1.46. The highest BCUT2D eigenvalue weighted by Crippen LogP contribution is 2.25. The predicted octanol–water partition coefficient (Wildman–Crippen LogP) is 2.47. The SMILES string of the molecule is COCCNc1nnc(SCC(=O)Nc2ccc(F)cc2)s1. The van der Waals surface area contributed by atoms with Crippen LogP contribution < -0.4 is 10.6 Å². The molecule has 0 saturated heterocycles. The van der Waals surface area contributed by atoms with Gasteiger partial charge in [0.25, 0.3) is 0 Å². The number of nitrogens with zero attached hydrogens (tertiary/aromatic N) is 2. The Balaban J connectivity index is 1.75. The minimum Gasteiger partial charge on any atom is -0.383 e. The van der Waals surface area contributed by atoms with E-state index < -0.39 is 0 Å². The molecule has 0 saturated carbocycles. The molecule has 1 heterocycles. The van der Waals surface area contributed by atoms with Crippen LogP contribution in [0.3, 0.4) is 0 Å². The number of hydrogen-bond donors (Lipinski definition) is 2. The van der Waals surface area contributed by atoms with Gasteiger partial charge in [-0.2, -0.15) is 0 Å². The number of rotatable bonds is 8. The van der Waals surface area contributed by atoms with Crippen LogP contribution in [0.2, 0.25) is 0 Å². The molecule has 0 fully saturated rings. The van der Waals surface area contributed by atoms with Gasteiger partial charge in [0.15, 0.2) is 4.34 Å². The quantitative estimate of drug-likeness (QED) is 0.567. The molecule has 22 heavy (non-hydrogen) atoms. The van der Waals surface area contributed by atoms with Crippen molar-refractivity contribution in [2.24, 2.45) is 0 Å². The van der Waals surface area contributed by atoms with E-state index in [1.165, 1.54) is 47.4 Å². The maximum Gasteiger partial charge on any atom is 0.234 e. The number of thioether (sulfide) groups is 1. The third-order valence-electron chi connectivity index (χ3n) is 2.44. The minimum absolute atomic E-state index is 0.180. The number of anilines is 2. The maximum atomic E-state index is 12.8. The molecule has 9 heteroatoms. The van der Waals surface area contributed by atoms with Gasteiger partial charge in [-0.25, -0.2) is 4.39 Å². The van der Waals surface area contributed by atoms with Gasteiger partial charge in [0.2, 0.25) is 11.0 Å². The van der Waals surface area contributed by atoms with Crippen molar-refractivity contribution >= 4 is 39.8 Å². The van der Waals surface area contributed by atoms with Crippen LogP contribution >= 0.6 is 23.1 Å². The normalized spacial score (nSPS) is 10.5. The van der Waals surface area contributed by atoms with Crippen molar-refractivity contribution in [1.82, 2.24) is 10.2 Å². The largest absolute Gasteiger partial charge is 0.383 e. The highest BCUT2D eigenvalue weighted by Gasteiger charge is 2.08. The van der Waals surface area contributed by atoms with E-state index in [0.29, 0.717) is 28.3 Å². The zero-order valence-electron chi connectivity index (χ0n) is 11.8.